The van der Waals surface area contributed by atoms with Gasteiger partial charge in [0, 0.05) is 13.5 Å². The van der Waals surface area contributed by atoms with E-state index >= 15 is 0 Å². The molecule has 0 aliphatic rings. The molecule has 0 bridgehead atoms. The van der Waals surface area contributed by atoms with Gasteiger partial charge < -0.3 is 28.7 Å². The van der Waals surface area contributed by atoms with Gasteiger partial charge in [0.05, 0.1) is 6.61 Å². The van der Waals surface area contributed by atoms with Crippen LogP contribution in [0, 0.1) is 0 Å². The summed E-state index contributed by atoms with van der Waals surface area (Å²) >= 11 is 0. The molecule has 0 heterocycles. The van der Waals surface area contributed by atoms with Crippen LogP contribution in [0.5, 0.6) is 17.2 Å². The Labute approximate surface area is 203 Å². The Balaban J connectivity index is 1.53. The number of nitrogens with one attached hydrogen (secondary N) is 1. The first-order valence-corrected chi connectivity index (χ1v) is 10.9. The highest BCUT2D eigenvalue weighted by Crippen LogP contribution is 2.22. The van der Waals surface area contributed by atoms with Gasteiger partial charge in [-0.25, -0.2) is 15.1 Å². The van der Waals surface area contributed by atoms with Gasteiger partial charge in [-0.05, 0) is 47.4 Å². The Morgan fingerprint density at radius 2 is 1.63 bits per heavy atom. The van der Waals surface area contributed by atoms with E-state index in [9.17, 15) is 9.59 Å². The van der Waals surface area contributed by atoms with Gasteiger partial charge >= 0.3 is 19.1 Å². The molecule has 0 amide bonds. The van der Waals surface area contributed by atoms with Crippen LogP contribution in [0.25, 0.3) is 0 Å². The first kappa shape index (κ1) is 25.8. The van der Waals surface area contributed by atoms with E-state index in [4.69, 9.17) is 24.0 Å². The molecule has 0 saturated heterocycles. The zero-order valence-corrected chi connectivity index (χ0v) is 19.2. The second-order valence-electron chi connectivity index (χ2n) is 7.25. The molecule has 3 aromatic carbocycles. The molecule has 0 aliphatic carbocycles. The van der Waals surface area contributed by atoms with E-state index in [1.54, 1.807) is 31.3 Å². The number of para-hydroxylation sites is 1. The van der Waals surface area contributed by atoms with Gasteiger partial charge in [-0.15, -0.1) is 0 Å². The average Bonchev–Trinajstić information content (AvgIpc) is 2.86. The minimum Gasteiger partial charge on any atom is -0.493 e. The highest BCUT2D eigenvalue weighted by atomic mass is 16.7. The predicted octanol–water partition coefficient (Wildman–Crippen LogP) is 2.59. The third-order valence-electron chi connectivity index (χ3n) is 4.60. The number of carbonyl (C=O) groups is 2. The first-order chi connectivity index (χ1) is 17.0. The molecule has 3 rings (SSSR count). The molecule has 0 atom stereocenters. The number of hydrogen-bond donors (Lipinski definition) is 2. The summed E-state index contributed by atoms with van der Waals surface area (Å²) in [5.41, 5.74) is 4.19. The van der Waals surface area contributed by atoms with E-state index in [1.807, 2.05) is 54.6 Å². The number of hydroxylamine groups is 1. The van der Waals surface area contributed by atoms with Gasteiger partial charge in [-0.2, -0.15) is 0 Å². The van der Waals surface area contributed by atoms with E-state index in [1.165, 1.54) is 0 Å². The maximum atomic E-state index is 11.6. The van der Waals surface area contributed by atoms with Crippen molar-refractivity contribution < 1.29 is 38.3 Å². The van der Waals surface area contributed by atoms with E-state index in [0.29, 0.717) is 24.2 Å². The number of aliphatic carboxylic acids is 1. The lowest BCUT2D eigenvalue weighted by Gasteiger charge is -2.15. The fourth-order valence-electron chi connectivity index (χ4n) is 3.06. The average molecular weight is 479 g/mol. The number of esters is 1. The van der Waals surface area contributed by atoms with E-state index in [-0.39, 0.29) is 0 Å². The molecular formula is C25H26BNO8. The molecule has 0 fully saturated rings. The summed E-state index contributed by atoms with van der Waals surface area (Å²) in [5.74, 6) is 0.0563. The molecule has 0 unspecified atom stereocenters. The molecule has 10 heteroatoms. The molecule has 0 aromatic heterocycles. The minimum absolute atomic E-state index is 0.429. The number of benzene rings is 3. The largest absolute Gasteiger partial charge is 0.511 e. The summed E-state index contributed by atoms with van der Waals surface area (Å²) in [6.45, 7) is -0.783. The summed E-state index contributed by atoms with van der Waals surface area (Å²) in [6.07, 6.45) is 0.665. The molecular weight excluding hydrogens is 453 g/mol. The first-order valence-electron chi connectivity index (χ1n) is 10.9. The highest BCUT2D eigenvalue weighted by molar-refractivity contribution is 6.61. The van der Waals surface area contributed by atoms with Crippen molar-refractivity contribution in [2.45, 2.75) is 6.42 Å². The van der Waals surface area contributed by atoms with Crippen LogP contribution in [0.4, 0.5) is 0 Å². The quantitative estimate of drug-likeness (QED) is 0.205. The number of rotatable bonds is 14. The van der Waals surface area contributed by atoms with Crippen molar-refractivity contribution in [1.82, 2.24) is 5.48 Å². The van der Waals surface area contributed by atoms with Crippen LogP contribution >= 0.6 is 0 Å². The fourth-order valence-corrected chi connectivity index (χ4v) is 3.06. The van der Waals surface area contributed by atoms with Crippen molar-refractivity contribution in [3.05, 3.63) is 84.4 Å². The van der Waals surface area contributed by atoms with E-state index < -0.39 is 32.3 Å². The molecule has 9 nitrogen and oxygen atoms in total. The van der Waals surface area contributed by atoms with E-state index in [2.05, 4.69) is 10.2 Å². The maximum absolute atomic E-state index is 11.6. The molecule has 35 heavy (non-hydrogen) atoms. The molecule has 182 valence electrons. The summed E-state index contributed by atoms with van der Waals surface area (Å²) < 4.78 is 27.1. The molecule has 3 aromatic rings. The van der Waals surface area contributed by atoms with Gasteiger partial charge in [-0.1, -0.05) is 42.5 Å². The summed E-state index contributed by atoms with van der Waals surface area (Å²) in [6, 6.07) is 24.5. The molecule has 0 aliphatic heterocycles. The van der Waals surface area contributed by atoms with Crippen LogP contribution < -0.4 is 20.4 Å². The number of carboxylic acids is 1. The van der Waals surface area contributed by atoms with Crippen molar-refractivity contribution in [1.29, 1.82) is 0 Å². The summed E-state index contributed by atoms with van der Waals surface area (Å²) in [4.78, 5) is 22.1. The van der Waals surface area contributed by atoms with Crippen LogP contribution in [0.3, 0.4) is 0 Å². The lowest BCUT2D eigenvalue weighted by molar-refractivity contribution is -0.156. The van der Waals surface area contributed by atoms with Gasteiger partial charge in [-0.3, -0.25) is 0 Å². The zero-order chi connectivity index (χ0) is 24.9. The minimum atomic E-state index is -1.25. The van der Waals surface area contributed by atoms with Crippen molar-refractivity contribution >= 4 is 24.5 Å². The third kappa shape index (κ3) is 9.13. The number of carboxylic acid groups (broad SMARTS) is 1. The second-order valence-corrected chi connectivity index (χ2v) is 7.25. The van der Waals surface area contributed by atoms with Crippen LogP contribution in [0.15, 0.2) is 78.9 Å². The summed E-state index contributed by atoms with van der Waals surface area (Å²) in [5, 5.41) is 8.58. The van der Waals surface area contributed by atoms with Gasteiger partial charge in [0.2, 0.25) is 0 Å². The van der Waals surface area contributed by atoms with Crippen molar-refractivity contribution in [2.24, 2.45) is 0 Å². The monoisotopic (exact) mass is 479 g/mol. The highest BCUT2D eigenvalue weighted by Gasteiger charge is 2.24. The number of hydrogen-bond acceptors (Lipinski definition) is 8. The Kier molecular flexibility index (Phi) is 10.1. The standard InChI is InChI=1S/C25H26BNO8/c1-27-35-26(33-18-25(30)32-17-24(28)29)20-8-6-11-22(16-20)31-14-13-19-7-5-12-23(15-19)34-21-9-3-2-4-10-21/h2-12,15-16,27H,13-14,17-18H2,1H3,(H,28,29). The van der Waals surface area contributed by atoms with Gasteiger partial charge in [0.1, 0.15) is 23.9 Å². The topological polar surface area (TPSA) is 113 Å². The van der Waals surface area contributed by atoms with Crippen LogP contribution in [-0.4, -0.2) is 51.0 Å². The maximum Gasteiger partial charge on any atom is 0.511 e. The van der Waals surface area contributed by atoms with Crippen molar-refractivity contribution in [3.63, 3.8) is 0 Å². The predicted molar refractivity (Wildman–Crippen MR) is 129 cm³/mol. The van der Waals surface area contributed by atoms with Gasteiger partial charge in [0.15, 0.2) is 6.61 Å². The second kappa shape index (κ2) is 13.8. The third-order valence-corrected chi connectivity index (χ3v) is 4.60. The normalized spacial score (nSPS) is 10.4. The Hall–Kier alpha value is -3.86. The SMILES string of the molecule is CNOB(OCC(=O)OCC(=O)O)c1cccc(OCCc2cccc(Oc3ccccc3)c2)c1. The number of carbonyl (C=O) groups excluding carboxylic acids is 1. The lowest BCUT2D eigenvalue weighted by atomic mass is 9.79. The van der Waals surface area contributed by atoms with Crippen LogP contribution in [0.2, 0.25) is 0 Å². The van der Waals surface area contributed by atoms with Crippen LogP contribution in [0.1, 0.15) is 5.56 Å². The number of ether oxygens (including phenoxy) is 3. The molecule has 0 saturated carbocycles. The van der Waals surface area contributed by atoms with Crippen molar-refractivity contribution in [2.75, 3.05) is 26.9 Å². The molecule has 0 spiro atoms. The Bertz CT molecular complexity index is 1100. The van der Waals surface area contributed by atoms with Crippen molar-refractivity contribution in [3.8, 4) is 17.2 Å². The smallest absolute Gasteiger partial charge is 0.493 e. The zero-order valence-electron chi connectivity index (χ0n) is 19.2. The van der Waals surface area contributed by atoms with Gasteiger partial charge in [0.25, 0.3) is 0 Å². The summed E-state index contributed by atoms with van der Waals surface area (Å²) in [7, 11) is 0.613. The lowest BCUT2D eigenvalue weighted by Crippen LogP contribution is -2.41. The molecule has 2 N–H and O–H groups in total. The Morgan fingerprint density at radius 3 is 2.40 bits per heavy atom. The molecule has 0 radical (unpaired) electrons. The van der Waals surface area contributed by atoms with E-state index in [0.717, 1.165) is 17.1 Å². The Morgan fingerprint density at radius 1 is 0.886 bits per heavy atom. The fraction of sp³-hybridized carbons (Fsp3) is 0.200. The van der Waals surface area contributed by atoms with Crippen LogP contribution in [-0.2, 0) is 30.2 Å².